The van der Waals surface area contributed by atoms with Crippen LogP contribution in [0.25, 0.3) is 11.0 Å². The lowest BCUT2D eigenvalue weighted by atomic mass is 9.70. The lowest BCUT2D eigenvalue weighted by Crippen LogP contribution is -2.28. The molecule has 0 spiro atoms. The van der Waals surface area contributed by atoms with Gasteiger partial charge < -0.3 is 4.74 Å². The highest BCUT2D eigenvalue weighted by atomic mass is 16.5. The van der Waals surface area contributed by atoms with Crippen molar-refractivity contribution in [1.82, 2.24) is 24.7 Å². The van der Waals surface area contributed by atoms with Crippen LogP contribution < -0.4 is 0 Å². The molecule has 6 nitrogen and oxygen atoms in total. The summed E-state index contributed by atoms with van der Waals surface area (Å²) >= 11 is 0. The average Bonchev–Trinajstić information content (AvgIpc) is 3.47. The van der Waals surface area contributed by atoms with Crippen molar-refractivity contribution in [2.75, 3.05) is 0 Å². The summed E-state index contributed by atoms with van der Waals surface area (Å²) in [6, 6.07) is 2.82. The van der Waals surface area contributed by atoms with Gasteiger partial charge in [-0.3, -0.25) is 14.6 Å². The fraction of sp³-hybridized carbons (Fsp3) is 0.643. The number of aromatic nitrogens is 5. The molecule has 0 N–H and O–H groups in total. The van der Waals surface area contributed by atoms with Crippen LogP contribution in [0.2, 0.25) is 0 Å². The van der Waals surface area contributed by atoms with E-state index in [-0.39, 0.29) is 12.2 Å². The van der Waals surface area contributed by atoms with E-state index in [4.69, 9.17) is 19.7 Å². The Kier molecular flexibility index (Phi) is 4.84. The molecule has 3 saturated carbocycles. The molecule has 1 saturated heterocycles. The van der Waals surface area contributed by atoms with Gasteiger partial charge in [-0.25, -0.2) is 4.98 Å². The molecule has 0 radical (unpaired) electrons. The summed E-state index contributed by atoms with van der Waals surface area (Å²) in [5.41, 5.74) is 6.64. The third kappa shape index (κ3) is 3.48. The molecule has 7 rings (SSSR count). The summed E-state index contributed by atoms with van der Waals surface area (Å²) in [4.78, 5) is 15.2. The van der Waals surface area contributed by atoms with Crippen molar-refractivity contribution in [3.63, 3.8) is 0 Å². The van der Waals surface area contributed by atoms with Crippen LogP contribution >= 0.6 is 0 Å². The standard InChI is InChI=1S/C28H35N5O/c1-15-8-23(22-7-6-21(15)22)27-28-25(31-16(2)12-29-28)11-24(32-27)18-9-17(3)34-26(10-18)19-13-30-33(14-19)20-4-5-20/h11-15,17-18,20-23,26H,4-10H2,1-3H3/t15?,17-,18-,21?,22?,23-,26+/m0/s1. The van der Waals surface area contributed by atoms with Gasteiger partial charge in [-0.1, -0.05) is 6.92 Å². The first kappa shape index (κ1) is 21.0. The topological polar surface area (TPSA) is 65.7 Å². The molecule has 0 aromatic carbocycles. The first-order valence-electron chi connectivity index (χ1n) is 13.4. The number of hydrogen-bond donors (Lipinski definition) is 0. The minimum Gasteiger partial charge on any atom is -0.370 e. The second-order valence-corrected chi connectivity index (χ2v) is 11.6. The zero-order valence-corrected chi connectivity index (χ0v) is 20.5. The van der Waals surface area contributed by atoms with Gasteiger partial charge in [0, 0.05) is 35.5 Å². The minimum atomic E-state index is 0.0771. The third-order valence-electron chi connectivity index (χ3n) is 9.15. The Bertz CT molecular complexity index is 1230. The van der Waals surface area contributed by atoms with Gasteiger partial charge >= 0.3 is 0 Å². The van der Waals surface area contributed by atoms with Crippen LogP contribution in [0.1, 0.15) is 105 Å². The van der Waals surface area contributed by atoms with Gasteiger partial charge in [0.25, 0.3) is 0 Å². The van der Waals surface area contributed by atoms with Crippen LogP contribution in [0.15, 0.2) is 24.7 Å². The molecule has 3 aromatic heterocycles. The van der Waals surface area contributed by atoms with Crippen LogP contribution in [-0.2, 0) is 4.74 Å². The average molecular weight is 458 g/mol. The summed E-state index contributed by atoms with van der Waals surface area (Å²) in [6.07, 6.45) is 14.8. The predicted octanol–water partition coefficient (Wildman–Crippen LogP) is 6.04. The van der Waals surface area contributed by atoms with Gasteiger partial charge in [0.05, 0.1) is 41.4 Å². The highest BCUT2D eigenvalue weighted by molar-refractivity contribution is 5.77. The Balaban J connectivity index is 1.25. The zero-order valence-electron chi connectivity index (χ0n) is 20.5. The molecule has 4 aliphatic rings. The molecule has 34 heavy (non-hydrogen) atoms. The Morgan fingerprint density at radius 2 is 1.82 bits per heavy atom. The van der Waals surface area contributed by atoms with Crippen LogP contribution in [0.3, 0.4) is 0 Å². The Labute approximate surface area is 201 Å². The molecular formula is C28H35N5O. The smallest absolute Gasteiger partial charge is 0.110 e. The summed E-state index contributed by atoms with van der Waals surface area (Å²) < 4.78 is 8.55. The van der Waals surface area contributed by atoms with E-state index in [9.17, 15) is 0 Å². The highest BCUT2D eigenvalue weighted by Crippen LogP contribution is 2.57. The molecule has 4 heterocycles. The van der Waals surface area contributed by atoms with Crippen LogP contribution in [0.5, 0.6) is 0 Å². The van der Waals surface area contributed by atoms with E-state index in [1.54, 1.807) is 0 Å². The van der Waals surface area contributed by atoms with Gasteiger partial charge in [-0.15, -0.1) is 0 Å². The molecule has 6 heteroatoms. The van der Waals surface area contributed by atoms with Crippen molar-refractivity contribution in [3.05, 3.63) is 47.3 Å². The van der Waals surface area contributed by atoms with E-state index in [1.165, 1.54) is 49.1 Å². The van der Waals surface area contributed by atoms with E-state index < -0.39 is 0 Å². The third-order valence-corrected chi connectivity index (χ3v) is 9.15. The Morgan fingerprint density at radius 3 is 2.59 bits per heavy atom. The molecule has 178 valence electrons. The maximum Gasteiger partial charge on any atom is 0.110 e. The summed E-state index contributed by atoms with van der Waals surface area (Å²) in [5, 5.41) is 4.62. The lowest BCUT2D eigenvalue weighted by molar-refractivity contribution is -0.0506. The molecule has 7 atom stereocenters. The highest BCUT2D eigenvalue weighted by Gasteiger charge is 2.48. The van der Waals surface area contributed by atoms with Crippen molar-refractivity contribution >= 4 is 11.0 Å². The summed E-state index contributed by atoms with van der Waals surface area (Å²) in [5.74, 6) is 3.33. The SMILES string of the molecule is Cc1cnc2c([C@H]3CC(C)C4CCC43)nc([C@H]3C[C@H](C)O[C@@H](c4cnn(C5CC5)c4)C3)cc2n1. The van der Waals surface area contributed by atoms with Gasteiger partial charge in [0.15, 0.2) is 0 Å². The van der Waals surface area contributed by atoms with E-state index >= 15 is 0 Å². The number of hydrogen-bond acceptors (Lipinski definition) is 5. The fourth-order valence-electron chi connectivity index (χ4n) is 7.11. The van der Waals surface area contributed by atoms with E-state index in [1.807, 2.05) is 19.3 Å². The van der Waals surface area contributed by atoms with Crippen molar-refractivity contribution in [2.45, 2.75) is 95.8 Å². The largest absolute Gasteiger partial charge is 0.370 e. The Hall–Kier alpha value is -2.34. The maximum atomic E-state index is 6.42. The first-order chi connectivity index (χ1) is 16.5. The number of rotatable bonds is 4. The fourth-order valence-corrected chi connectivity index (χ4v) is 7.11. The normalized spacial score (nSPS) is 35.3. The van der Waals surface area contributed by atoms with Crippen molar-refractivity contribution < 1.29 is 4.74 Å². The first-order valence-corrected chi connectivity index (χ1v) is 13.4. The van der Waals surface area contributed by atoms with Gasteiger partial charge in [0.1, 0.15) is 5.52 Å². The summed E-state index contributed by atoms with van der Waals surface area (Å²) in [7, 11) is 0. The maximum absolute atomic E-state index is 6.42. The zero-order chi connectivity index (χ0) is 23.0. The summed E-state index contributed by atoms with van der Waals surface area (Å²) in [6.45, 7) is 6.68. The van der Waals surface area contributed by atoms with Crippen LogP contribution in [0, 0.1) is 24.7 Å². The predicted molar refractivity (Wildman–Crippen MR) is 131 cm³/mol. The van der Waals surface area contributed by atoms with E-state index in [0.717, 1.165) is 47.3 Å². The lowest BCUT2D eigenvalue weighted by Gasteiger charge is -2.36. The molecule has 4 fully saturated rings. The Morgan fingerprint density at radius 1 is 0.971 bits per heavy atom. The van der Waals surface area contributed by atoms with Gasteiger partial charge in [0.2, 0.25) is 0 Å². The van der Waals surface area contributed by atoms with Crippen LogP contribution in [-0.4, -0.2) is 30.8 Å². The second-order valence-electron chi connectivity index (χ2n) is 11.6. The quantitative estimate of drug-likeness (QED) is 0.478. The van der Waals surface area contributed by atoms with Gasteiger partial charge in [-0.2, -0.15) is 5.10 Å². The van der Waals surface area contributed by atoms with Crippen molar-refractivity contribution in [3.8, 4) is 0 Å². The second kappa shape index (κ2) is 7.84. The molecule has 0 amide bonds. The van der Waals surface area contributed by atoms with E-state index in [2.05, 4.69) is 35.9 Å². The molecule has 1 aliphatic heterocycles. The molecular weight excluding hydrogens is 422 g/mol. The molecule has 3 aliphatic carbocycles. The number of aryl methyl sites for hydroxylation is 1. The number of nitrogens with zero attached hydrogens (tertiary/aromatic N) is 5. The van der Waals surface area contributed by atoms with Gasteiger partial charge in [-0.05, 0) is 82.6 Å². The number of ether oxygens (including phenoxy) is 1. The van der Waals surface area contributed by atoms with Crippen molar-refractivity contribution in [1.29, 1.82) is 0 Å². The number of pyridine rings is 1. The monoisotopic (exact) mass is 457 g/mol. The van der Waals surface area contributed by atoms with E-state index in [0.29, 0.717) is 17.9 Å². The minimum absolute atomic E-state index is 0.0771. The molecule has 3 unspecified atom stereocenters. The van der Waals surface area contributed by atoms with Crippen LogP contribution in [0.4, 0.5) is 0 Å². The molecule has 3 aromatic rings. The van der Waals surface area contributed by atoms with Crippen molar-refractivity contribution in [2.24, 2.45) is 17.8 Å². The number of fused-ring (bicyclic) bond motifs is 2. The molecule has 0 bridgehead atoms.